The molecule has 0 radical (unpaired) electrons. The average Bonchev–Trinajstić information content (AvgIpc) is 2.29. The van der Waals surface area contributed by atoms with Crippen LogP contribution in [0.15, 0.2) is 12.1 Å². The molecule has 2 rings (SSSR count). The molecule has 0 aliphatic heterocycles. The smallest absolute Gasteiger partial charge is 0.247 e. The molecule has 4 nitrogen and oxygen atoms in total. The van der Waals surface area contributed by atoms with Crippen molar-refractivity contribution in [1.82, 2.24) is 9.97 Å². The molecule has 19 heavy (non-hydrogen) atoms. The second-order valence-corrected chi connectivity index (χ2v) is 5.04. The molecule has 0 amide bonds. The van der Waals surface area contributed by atoms with Crippen molar-refractivity contribution in [2.24, 2.45) is 0 Å². The summed E-state index contributed by atoms with van der Waals surface area (Å²) in [6.45, 7) is 5.55. The summed E-state index contributed by atoms with van der Waals surface area (Å²) in [4.78, 5) is 7.97. The number of nitrogens with zero attached hydrogens (tertiary/aromatic N) is 2. The van der Waals surface area contributed by atoms with Crippen LogP contribution in [0.2, 0.25) is 10.3 Å². The molecule has 0 unspecified atom stereocenters. The van der Waals surface area contributed by atoms with Gasteiger partial charge in [-0.3, -0.25) is 0 Å². The maximum absolute atomic E-state index is 5.98. The molecular formula is C13H13Cl2N3O. The van der Waals surface area contributed by atoms with Gasteiger partial charge in [-0.25, -0.2) is 4.98 Å². The summed E-state index contributed by atoms with van der Waals surface area (Å²) in [7, 11) is 0. The van der Waals surface area contributed by atoms with Crippen LogP contribution in [0.4, 0.5) is 5.69 Å². The minimum Gasteiger partial charge on any atom is -0.436 e. The molecule has 0 fully saturated rings. The lowest BCUT2D eigenvalue weighted by Gasteiger charge is -2.13. The number of benzene rings is 1. The second-order valence-electron chi connectivity index (χ2n) is 4.27. The Labute approximate surface area is 121 Å². The highest BCUT2D eigenvalue weighted by atomic mass is 35.5. The molecule has 0 aliphatic rings. The number of rotatable bonds is 2. The van der Waals surface area contributed by atoms with Crippen LogP contribution in [-0.4, -0.2) is 9.97 Å². The molecule has 0 aliphatic carbocycles. The largest absolute Gasteiger partial charge is 0.436 e. The predicted octanol–water partition coefficient (Wildman–Crippen LogP) is 4.08. The summed E-state index contributed by atoms with van der Waals surface area (Å²) in [5.74, 6) is 0.927. The Morgan fingerprint density at radius 2 is 1.63 bits per heavy atom. The zero-order valence-electron chi connectivity index (χ0n) is 10.8. The Morgan fingerprint density at radius 3 is 2.21 bits per heavy atom. The lowest BCUT2D eigenvalue weighted by molar-refractivity contribution is 0.457. The lowest BCUT2D eigenvalue weighted by atomic mass is 10.1. The summed E-state index contributed by atoms with van der Waals surface area (Å²) < 4.78 is 5.77. The molecule has 1 aromatic carbocycles. The molecule has 0 saturated carbocycles. The molecule has 2 aromatic rings. The molecule has 0 saturated heterocycles. The van der Waals surface area contributed by atoms with Gasteiger partial charge in [0.05, 0.1) is 5.69 Å². The van der Waals surface area contributed by atoms with E-state index >= 15 is 0 Å². The van der Waals surface area contributed by atoms with E-state index in [9.17, 15) is 0 Å². The van der Waals surface area contributed by atoms with Gasteiger partial charge in [-0.05, 0) is 55.6 Å². The van der Waals surface area contributed by atoms with Gasteiger partial charge >= 0.3 is 0 Å². The molecule has 1 heterocycles. The Kier molecular flexibility index (Phi) is 3.83. The van der Waals surface area contributed by atoms with Crippen LogP contribution in [0.25, 0.3) is 0 Å². The van der Waals surface area contributed by atoms with Crippen molar-refractivity contribution in [3.63, 3.8) is 0 Å². The Hall–Kier alpha value is -1.52. The highest BCUT2D eigenvalue weighted by molar-refractivity contribution is 6.30. The van der Waals surface area contributed by atoms with Crippen LogP contribution >= 0.6 is 23.2 Å². The van der Waals surface area contributed by atoms with Crippen LogP contribution in [0.1, 0.15) is 16.8 Å². The summed E-state index contributed by atoms with van der Waals surface area (Å²) in [6.07, 6.45) is 0. The van der Waals surface area contributed by atoms with Gasteiger partial charge in [-0.1, -0.05) is 11.6 Å². The van der Waals surface area contributed by atoms with Gasteiger partial charge < -0.3 is 10.5 Å². The summed E-state index contributed by atoms with van der Waals surface area (Å²) in [5.41, 5.74) is 8.65. The Morgan fingerprint density at radius 1 is 1.05 bits per heavy atom. The molecule has 0 atom stereocenters. The SMILES string of the molecule is Cc1cc(Cl)cc(C)c1Oc1nc(Cl)nc(C)c1N. The van der Waals surface area contributed by atoms with E-state index in [0.717, 1.165) is 11.1 Å². The number of anilines is 1. The fraction of sp³-hybridized carbons (Fsp3) is 0.231. The van der Waals surface area contributed by atoms with Crippen LogP contribution in [0, 0.1) is 20.8 Å². The van der Waals surface area contributed by atoms with Crippen LogP contribution < -0.4 is 10.5 Å². The van der Waals surface area contributed by atoms with Crippen molar-refractivity contribution < 1.29 is 4.74 Å². The van der Waals surface area contributed by atoms with E-state index in [-0.39, 0.29) is 11.2 Å². The normalized spacial score (nSPS) is 10.6. The molecule has 0 spiro atoms. The van der Waals surface area contributed by atoms with Crippen molar-refractivity contribution in [1.29, 1.82) is 0 Å². The lowest BCUT2D eigenvalue weighted by Crippen LogP contribution is -2.02. The number of aryl methyl sites for hydroxylation is 3. The number of hydrogen-bond acceptors (Lipinski definition) is 4. The Bertz CT molecular complexity index is 621. The van der Waals surface area contributed by atoms with Crippen molar-refractivity contribution in [2.75, 3.05) is 5.73 Å². The maximum atomic E-state index is 5.98. The van der Waals surface area contributed by atoms with Gasteiger partial charge in [-0.2, -0.15) is 4.98 Å². The summed E-state index contributed by atoms with van der Waals surface area (Å²) >= 11 is 11.8. The molecular weight excluding hydrogens is 285 g/mol. The first-order valence-corrected chi connectivity index (χ1v) is 6.38. The van der Waals surface area contributed by atoms with Gasteiger partial charge in [0.25, 0.3) is 0 Å². The minimum absolute atomic E-state index is 0.103. The number of nitrogens with two attached hydrogens (primary N) is 1. The van der Waals surface area contributed by atoms with Crippen LogP contribution in [0.5, 0.6) is 11.6 Å². The first-order valence-electron chi connectivity index (χ1n) is 5.62. The quantitative estimate of drug-likeness (QED) is 0.848. The molecule has 2 N–H and O–H groups in total. The first kappa shape index (κ1) is 13.9. The number of halogens is 2. The van der Waals surface area contributed by atoms with E-state index in [1.165, 1.54) is 0 Å². The molecule has 1 aromatic heterocycles. The minimum atomic E-state index is 0.103. The number of aromatic nitrogens is 2. The molecule has 100 valence electrons. The fourth-order valence-corrected chi connectivity index (χ4v) is 2.29. The third kappa shape index (κ3) is 2.91. The first-order chi connectivity index (χ1) is 8.88. The number of hydrogen-bond donors (Lipinski definition) is 1. The summed E-state index contributed by atoms with van der Waals surface area (Å²) in [6, 6.07) is 3.63. The van der Waals surface area contributed by atoms with E-state index in [1.54, 1.807) is 6.92 Å². The van der Waals surface area contributed by atoms with Gasteiger partial charge in [0.1, 0.15) is 11.4 Å². The summed E-state index contributed by atoms with van der Waals surface area (Å²) in [5, 5.41) is 0.762. The zero-order chi connectivity index (χ0) is 14.2. The average molecular weight is 298 g/mol. The van der Waals surface area contributed by atoms with Crippen LogP contribution in [-0.2, 0) is 0 Å². The third-order valence-corrected chi connectivity index (χ3v) is 3.09. The zero-order valence-corrected chi connectivity index (χ0v) is 12.3. The second kappa shape index (κ2) is 5.23. The van der Waals surface area contributed by atoms with Crippen molar-refractivity contribution in [3.8, 4) is 11.6 Å². The molecule has 0 bridgehead atoms. The topological polar surface area (TPSA) is 61.0 Å². The van der Waals surface area contributed by atoms with E-state index < -0.39 is 0 Å². The van der Waals surface area contributed by atoms with Crippen molar-refractivity contribution in [2.45, 2.75) is 20.8 Å². The van der Waals surface area contributed by atoms with Crippen LogP contribution in [0.3, 0.4) is 0 Å². The van der Waals surface area contributed by atoms with E-state index in [4.69, 9.17) is 33.7 Å². The monoisotopic (exact) mass is 297 g/mol. The highest BCUT2D eigenvalue weighted by Crippen LogP contribution is 2.33. The van der Waals surface area contributed by atoms with E-state index in [1.807, 2.05) is 26.0 Å². The van der Waals surface area contributed by atoms with E-state index in [2.05, 4.69) is 9.97 Å². The third-order valence-electron chi connectivity index (χ3n) is 2.70. The van der Waals surface area contributed by atoms with Gasteiger partial charge in [0.15, 0.2) is 0 Å². The standard InChI is InChI=1S/C13H13Cl2N3O/c1-6-4-9(14)5-7(2)11(6)19-12-10(16)8(3)17-13(15)18-12/h4-5H,16H2,1-3H3. The number of ether oxygens (including phenoxy) is 1. The predicted molar refractivity (Wildman–Crippen MR) is 77.2 cm³/mol. The fourth-order valence-electron chi connectivity index (χ4n) is 1.76. The van der Waals surface area contributed by atoms with Gasteiger partial charge in [-0.15, -0.1) is 0 Å². The van der Waals surface area contributed by atoms with E-state index in [0.29, 0.717) is 22.2 Å². The molecule has 6 heteroatoms. The highest BCUT2D eigenvalue weighted by Gasteiger charge is 2.13. The Balaban J connectivity index is 2.48. The van der Waals surface area contributed by atoms with Crippen molar-refractivity contribution in [3.05, 3.63) is 39.3 Å². The maximum Gasteiger partial charge on any atom is 0.247 e. The van der Waals surface area contributed by atoms with Gasteiger partial charge in [0, 0.05) is 5.02 Å². The van der Waals surface area contributed by atoms with Gasteiger partial charge in [0.2, 0.25) is 11.2 Å². The van der Waals surface area contributed by atoms with Crippen molar-refractivity contribution >= 4 is 28.9 Å². The number of nitrogen functional groups attached to an aromatic ring is 1.